The maximum absolute atomic E-state index is 5.29. The van der Waals surface area contributed by atoms with Crippen molar-refractivity contribution in [1.82, 2.24) is 5.32 Å². The van der Waals surface area contributed by atoms with E-state index in [1.165, 1.54) is 30.6 Å². The van der Waals surface area contributed by atoms with E-state index in [1.54, 1.807) is 14.2 Å². The molecule has 1 aromatic carbocycles. The zero-order valence-electron chi connectivity index (χ0n) is 12.2. The Morgan fingerprint density at radius 2 is 1.84 bits per heavy atom. The maximum atomic E-state index is 5.29. The second kappa shape index (κ2) is 9.98. The van der Waals surface area contributed by atoms with E-state index in [0.29, 0.717) is 0 Å². The Labute approximate surface area is 121 Å². The Bertz CT molecular complexity index is 358. The van der Waals surface area contributed by atoms with Crippen molar-refractivity contribution in [2.45, 2.75) is 25.8 Å². The smallest absolute Gasteiger partial charge is 0.161 e. The van der Waals surface area contributed by atoms with Crippen LogP contribution in [0.2, 0.25) is 0 Å². The van der Waals surface area contributed by atoms with Gasteiger partial charge in [0.05, 0.1) is 14.2 Å². The molecule has 0 aliphatic heterocycles. The third kappa shape index (κ3) is 6.21. The second-order valence-corrected chi connectivity index (χ2v) is 5.41. The van der Waals surface area contributed by atoms with Crippen molar-refractivity contribution >= 4 is 11.8 Å². The second-order valence-electron chi connectivity index (χ2n) is 4.42. The Kier molecular flexibility index (Phi) is 8.50. The number of hydrogen-bond donors (Lipinski definition) is 1. The number of nitrogens with one attached hydrogen (secondary N) is 1. The van der Waals surface area contributed by atoms with Crippen LogP contribution in [-0.2, 0) is 6.54 Å². The molecule has 0 saturated carbocycles. The molecule has 4 heteroatoms. The molecule has 1 rings (SSSR count). The van der Waals surface area contributed by atoms with Gasteiger partial charge in [-0.1, -0.05) is 12.5 Å². The highest BCUT2D eigenvalue weighted by Crippen LogP contribution is 2.27. The van der Waals surface area contributed by atoms with Crippen LogP contribution >= 0.6 is 11.8 Å². The first-order chi connectivity index (χ1) is 9.31. The minimum absolute atomic E-state index is 0.781. The van der Waals surface area contributed by atoms with Gasteiger partial charge in [-0.2, -0.15) is 11.8 Å². The highest BCUT2D eigenvalue weighted by atomic mass is 32.2. The molecular weight excluding hydrogens is 258 g/mol. The Hall–Kier alpha value is -0.870. The van der Waals surface area contributed by atoms with Gasteiger partial charge in [0.25, 0.3) is 0 Å². The van der Waals surface area contributed by atoms with E-state index in [2.05, 4.69) is 17.6 Å². The fraction of sp³-hybridized carbons (Fsp3) is 0.600. The topological polar surface area (TPSA) is 30.5 Å². The summed E-state index contributed by atoms with van der Waals surface area (Å²) in [6, 6.07) is 6.05. The number of benzene rings is 1. The molecule has 1 aromatic rings. The minimum Gasteiger partial charge on any atom is -0.493 e. The van der Waals surface area contributed by atoms with Crippen molar-refractivity contribution in [3.05, 3.63) is 23.8 Å². The Morgan fingerprint density at radius 1 is 1.05 bits per heavy atom. The number of unbranched alkanes of at least 4 members (excludes halogenated alkanes) is 2. The lowest BCUT2D eigenvalue weighted by Gasteiger charge is -2.10. The molecule has 0 aliphatic carbocycles. The summed E-state index contributed by atoms with van der Waals surface area (Å²) in [4.78, 5) is 0. The van der Waals surface area contributed by atoms with E-state index in [4.69, 9.17) is 9.47 Å². The van der Waals surface area contributed by atoms with Crippen LogP contribution in [0.4, 0.5) is 0 Å². The first-order valence-electron chi connectivity index (χ1n) is 6.72. The summed E-state index contributed by atoms with van der Waals surface area (Å²) in [7, 11) is 3.32. The lowest BCUT2D eigenvalue weighted by molar-refractivity contribution is 0.354. The molecule has 0 unspecified atom stereocenters. The number of hydrogen-bond acceptors (Lipinski definition) is 4. The van der Waals surface area contributed by atoms with Gasteiger partial charge in [-0.3, -0.25) is 0 Å². The number of methoxy groups -OCH3 is 2. The van der Waals surface area contributed by atoms with E-state index >= 15 is 0 Å². The zero-order valence-corrected chi connectivity index (χ0v) is 13.0. The molecule has 19 heavy (non-hydrogen) atoms. The molecule has 0 amide bonds. The predicted molar refractivity (Wildman–Crippen MR) is 83.5 cm³/mol. The highest BCUT2D eigenvalue weighted by molar-refractivity contribution is 7.98. The van der Waals surface area contributed by atoms with Crippen LogP contribution in [0.5, 0.6) is 11.5 Å². The zero-order chi connectivity index (χ0) is 13.9. The average Bonchev–Trinajstić information content (AvgIpc) is 2.46. The molecule has 3 nitrogen and oxygen atoms in total. The van der Waals surface area contributed by atoms with Crippen molar-refractivity contribution < 1.29 is 9.47 Å². The van der Waals surface area contributed by atoms with Crippen molar-refractivity contribution in [3.8, 4) is 11.5 Å². The van der Waals surface area contributed by atoms with Gasteiger partial charge in [-0.15, -0.1) is 0 Å². The van der Waals surface area contributed by atoms with Crippen LogP contribution in [0.15, 0.2) is 18.2 Å². The highest BCUT2D eigenvalue weighted by Gasteiger charge is 2.03. The van der Waals surface area contributed by atoms with Crippen LogP contribution < -0.4 is 14.8 Å². The van der Waals surface area contributed by atoms with Crippen molar-refractivity contribution in [2.75, 3.05) is 32.8 Å². The lowest BCUT2D eigenvalue weighted by Crippen LogP contribution is -2.14. The van der Waals surface area contributed by atoms with E-state index < -0.39 is 0 Å². The molecule has 0 radical (unpaired) electrons. The van der Waals surface area contributed by atoms with Crippen LogP contribution in [0, 0.1) is 0 Å². The predicted octanol–water partition coefficient (Wildman–Crippen LogP) is 3.33. The summed E-state index contributed by atoms with van der Waals surface area (Å²) in [5, 5.41) is 3.46. The van der Waals surface area contributed by atoms with Gasteiger partial charge < -0.3 is 14.8 Å². The average molecular weight is 283 g/mol. The minimum atomic E-state index is 0.781. The molecule has 0 aromatic heterocycles. The van der Waals surface area contributed by atoms with Crippen molar-refractivity contribution in [2.24, 2.45) is 0 Å². The molecule has 0 saturated heterocycles. The number of rotatable bonds is 10. The lowest BCUT2D eigenvalue weighted by atomic mass is 10.2. The largest absolute Gasteiger partial charge is 0.493 e. The summed E-state index contributed by atoms with van der Waals surface area (Å²) in [5.74, 6) is 2.85. The van der Waals surface area contributed by atoms with Crippen LogP contribution in [-0.4, -0.2) is 32.8 Å². The van der Waals surface area contributed by atoms with Gasteiger partial charge in [-0.05, 0) is 49.1 Å². The van der Waals surface area contributed by atoms with Gasteiger partial charge in [0.1, 0.15) is 0 Å². The van der Waals surface area contributed by atoms with Gasteiger partial charge in [0.15, 0.2) is 11.5 Å². The van der Waals surface area contributed by atoms with Crippen LogP contribution in [0.25, 0.3) is 0 Å². The van der Waals surface area contributed by atoms with E-state index in [1.807, 2.05) is 23.9 Å². The quantitative estimate of drug-likeness (QED) is 0.667. The molecule has 0 atom stereocenters. The van der Waals surface area contributed by atoms with Crippen molar-refractivity contribution in [3.63, 3.8) is 0 Å². The monoisotopic (exact) mass is 283 g/mol. The molecule has 1 N–H and O–H groups in total. The Morgan fingerprint density at radius 3 is 2.53 bits per heavy atom. The van der Waals surface area contributed by atoms with Crippen LogP contribution in [0.1, 0.15) is 24.8 Å². The fourth-order valence-corrected chi connectivity index (χ4v) is 2.39. The first kappa shape index (κ1) is 16.2. The number of thioether (sulfide) groups is 1. The van der Waals surface area contributed by atoms with Crippen LogP contribution in [0.3, 0.4) is 0 Å². The normalized spacial score (nSPS) is 10.5. The third-order valence-corrected chi connectivity index (χ3v) is 3.68. The fourth-order valence-electron chi connectivity index (χ4n) is 1.90. The van der Waals surface area contributed by atoms with E-state index in [-0.39, 0.29) is 0 Å². The summed E-state index contributed by atoms with van der Waals surface area (Å²) >= 11 is 1.92. The van der Waals surface area contributed by atoms with Gasteiger partial charge in [0, 0.05) is 6.54 Å². The molecule has 0 spiro atoms. The molecule has 0 fully saturated rings. The molecule has 0 heterocycles. The SMILES string of the molecule is COc1ccc(CNCCCCCSC)cc1OC. The number of ether oxygens (including phenoxy) is 2. The summed E-state index contributed by atoms with van der Waals surface area (Å²) < 4.78 is 10.5. The summed E-state index contributed by atoms with van der Waals surface area (Å²) in [6.07, 6.45) is 6.03. The third-order valence-electron chi connectivity index (χ3n) is 2.98. The molecule has 0 bridgehead atoms. The first-order valence-corrected chi connectivity index (χ1v) is 8.11. The van der Waals surface area contributed by atoms with Gasteiger partial charge in [-0.25, -0.2) is 0 Å². The molecule has 0 aliphatic rings. The Balaban J connectivity index is 2.26. The standard InChI is InChI=1S/C15H25NO2S/c1-17-14-8-7-13(11-15(14)18-2)12-16-9-5-4-6-10-19-3/h7-8,11,16H,4-6,9-10,12H2,1-3H3. The summed E-state index contributed by atoms with van der Waals surface area (Å²) in [6.45, 7) is 1.95. The maximum Gasteiger partial charge on any atom is 0.161 e. The van der Waals surface area contributed by atoms with Crippen molar-refractivity contribution in [1.29, 1.82) is 0 Å². The molecular formula is C15H25NO2S. The molecule has 108 valence electrons. The van der Waals surface area contributed by atoms with Gasteiger partial charge >= 0.3 is 0 Å². The van der Waals surface area contributed by atoms with E-state index in [0.717, 1.165) is 24.6 Å². The van der Waals surface area contributed by atoms with Gasteiger partial charge in [0.2, 0.25) is 0 Å². The van der Waals surface area contributed by atoms with E-state index in [9.17, 15) is 0 Å². The summed E-state index contributed by atoms with van der Waals surface area (Å²) in [5.41, 5.74) is 1.22.